The summed E-state index contributed by atoms with van der Waals surface area (Å²) in [7, 11) is 3.67. The van der Waals surface area contributed by atoms with E-state index >= 15 is 0 Å². The van der Waals surface area contributed by atoms with Gasteiger partial charge in [-0.2, -0.15) is 0 Å². The molecule has 0 fully saturated rings. The van der Waals surface area contributed by atoms with Crippen LogP contribution in [0.4, 0.5) is 11.6 Å². The van der Waals surface area contributed by atoms with Crippen LogP contribution in [0.25, 0.3) is 0 Å². The molecular weight excluding hydrogens is 266 g/mol. The summed E-state index contributed by atoms with van der Waals surface area (Å²) < 4.78 is 5.17. The highest BCUT2D eigenvalue weighted by Crippen LogP contribution is 2.24. The molecule has 112 valence electrons. The van der Waals surface area contributed by atoms with E-state index in [0.29, 0.717) is 5.82 Å². The Hall–Kier alpha value is -2.34. The minimum absolute atomic E-state index is 0.670. The van der Waals surface area contributed by atoms with Crippen molar-refractivity contribution in [2.45, 2.75) is 19.9 Å². The predicted octanol–water partition coefficient (Wildman–Crippen LogP) is 1.97. The first-order chi connectivity index (χ1) is 10.2. The second-order valence-corrected chi connectivity index (χ2v) is 4.73. The summed E-state index contributed by atoms with van der Waals surface area (Å²) in [6, 6.07) is 8.00. The maximum Gasteiger partial charge on any atom is 0.148 e. The third-order valence-corrected chi connectivity index (χ3v) is 3.35. The lowest BCUT2D eigenvalue weighted by atomic mass is 10.1. The Morgan fingerprint density at radius 3 is 2.52 bits per heavy atom. The number of anilines is 2. The number of nitrogen functional groups attached to an aromatic ring is 1. The topological polar surface area (TPSA) is 76.3 Å². The molecule has 0 spiro atoms. The molecule has 0 atom stereocenters. The number of nitrogens with one attached hydrogen (secondary N) is 1. The maximum atomic E-state index is 5.51. The molecule has 0 saturated heterocycles. The molecule has 3 N–H and O–H groups in total. The fraction of sp³-hybridized carbons (Fsp3) is 0.333. The number of rotatable bonds is 6. The van der Waals surface area contributed by atoms with Gasteiger partial charge in [0.1, 0.15) is 23.7 Å². The lowest BCUT2D eigenvalue weighted by Crippen LogP contribution is -2.21. The van der Waals surface area contributed by atoms with Crippen LogP contribution in [-0.4, -0.2) is 24.1 Å². The molecule has 0 bridgehead atoms. The molecule has 0 aliphatic rings. The lowest BCUT2D eigenvalue weighted by molar-refractivity contribution is 0.414. The maximum absolute atomic E-state index is 5.51. The quantitative estimate of drug-likeness (QED) is 0.625. The van der Waals surface area contributed by atoms with Crippen molar-refractivity contribution >= 4 is 11.6 Å². The van der Waals surface area contributed by atoms with E-state index in [1.165, 1.54) is 11.9 Å². The summed E-state index contributed by atoms with van der Waals surface area (Å²) in [6.45, 7) is 2.81. The highest BCUT2D eigenvalue weighted by molar-refractivity contribution is 5.58. The zero-order valence-corrected chi connectivity index (χ0v) is 12.6. The molecule has 0 aliphatic carbocycles. The van der Waals surface area contributed by atoms with Gasteiger partial charge in [-0.15, -0.1) is 0 Å². The van der Waals surface area contributed by atoms with E-state index in [4.69, 9.17) is 10.6 Å². The van der Waals surface area contributed by atoms with Crippen molar-refractivity contribution in [3.05, 3.63) is 41.7 Å². The Bertz CT molecular complexity index is 585. The largest absolute Gasteiger partial charge is 0.497 e. The van der Waals surface area contributed by atoms with Crippen molar-refractivity contribution in [3.63, 3.8) is 0 Å². The van der Waals surface area contributed by atoms with Crippen LogP contribution in [0.5, 0.6) is 5.75 Å². The van der Waals surface area contributed by atoms with Gasteiger partial charge in [-0.1, -0.05) is 19.1 Å². The zero-order chi connectivity index (χ0) is 15.2. The normalized spacial score (nSPS) is 10.3. The van der Waals surface area contributed by atoms with Crippen molar-refractivity contribution in [2.24, 2.45) is 5.84 Å². The molecule has 21 heavy (non-hydrogen) atoms. The highest BCUT2D eigenvalue weighted by atomic mass is 16.5. The van der Waals surface area contributed by atoms with Gasteiger partial charge in [0, 0.05) is 19.2 Å². The number of hydrogen-bond donors (Lipinski definition) is 2. The summed E-state index contributed by atoms with van der Waals surface area (Å²) in [5.41, 5.74) is 4.82. The van der Waals surface area contributed by atoms with Crippen molar-refractivity contribution < 1.29 is 4.74 Å². The number of hydrogen-bond acceptors (Lipinski definition) is 6. The smallest absolute Gasteiger partial charge is 0.148 e. The van der Waals surface area contributed by atoms with Crippen LogP contribution in [0.2, 0.25) is 0 Å². The Labute approximate surface area is 124 Å². The van der Waals surface area contributed by atoms with Gasteiger partial charge in [0.25, 0.3) is 0 Å². The van der Waals surface area contributed by atoms with Gasteiger partial charge < -0.3 is 15.1 Å². The molecule has 0 saturated carbocycles. The molecule has 6 nitrogen and oxygen atoms in total. The summed E-state index contributed by atoms with van der Waals surface area (Å²) in [5.74, 6) is 7.92. The molecule has 0 amide bonds. The molecule has 1 heterocycles. The Morgan fingerprint density at radius 2 is 1.95 bits per heavy atom. The Morgan fingerprint density at radius 1 is 1.24 bits per heavy atom. The molecule has 2 aromatic rings. The number of nitrogens with zero attached hydrogens (tertiary/aromatic N) is 3. The fourth-order valence-electron chi connectivity index (χ4n) is 2.26. The molecular formula is C15H21N5O. The van der Waals surface area contributed by atoms with Crippen molar-refractivity contribution in [2.75, 3.05) is 24.5 Å². The van der Waals surface area contributed by atoms with Gasteiger partial charge in [-0.3, -0.25) is 0 Å². The lowest BCUT2D eigenvalue weighted by Gasteiger charge is -2.22. The fourth-order valence-corrected chi connectivity index (χ4v) is 2.26. The summed E-state index contributed by atoms with van der Waals surface area (Å²) >= 11 is 0. The first-order valence-electron chi connectivity index (χ1n) is 6.84. The summed E-state index contributed by atoms with van der Waals surface area (Å²) in [6.07, 6.45) is 2.33. The number of methoxy groups -OCH3 is 1. The first-order valence-corrected chi connectivity index (χ1v) is 6.84. The van der Waals surface area contributed by atoms with Crippen LogP contribution in [0.3, 0.4) is 0 Å². The highest BCUT2D eigenvalue weighted by Gasteiger charge is 2.13. The summed E-state index contributed by atoms with van der Waals surface area (Å²) in [4.78, 5) is 10.6. The van der Waals surface area contributed by atoms with Crippen molar-refractivity contribution in [3.8, 4) is 5.75 Å². The monoisotopic (exact) mass is 287 g/mol. The number of aromatic nitrogens is 2. The van der Waals surface area contributed by atoms with E-state index in [-0.39, 0.29) is 0 Å². The van der Waals surface area contributed by atoms with Crippen LogP contribution in [-0.2, 0) is 13.0 Å². The van der Waals surface area contributed by atoms with E-state index in [1.54, 1.807) is 7.11 Å². The average molecular weight is 287 g/mol. The van der Waals surface area contributed by atoms with Gasteiger partial charge in [0.2, 0.25) is 0 Å². The molecule has 1 aromatic heterocycles. The first kappa shape index (κ1) is 15.1. The summed E-state index contributed by atoms with van der Waals surface area (Å²) in [5, 5.41) is 0. The predicted molar refractivity (Wildman–Crippen MR) is 84.3 cm³/mol. The zero-order valence-electron chi connectivity index (χ0n) is 12.6. The van der Waals surface area contributed by atoms with E-state index in [1.807, 2.05) is 31.3 Å². The van der Waals surface area contributed by atoms with Crippen LogP contribution in [0.15, 0.2) is 30.6 Å². The van der Waals surface area contributed by atoms with Crippen LogP contribution in [0.1, 0.15) is 18.1 Å². The van der Waals surface area contributed by atoms with Gasteiger partial charge in [0.15, 0.2) is 0 Å². The second-order valence-electron chi connectivity index (χ2n) is 4.73. The van der Waals surface area contributed by atoms with Crippen LogP contribution >= 0.6 is 0 Å². The minimum Gasteiger partial charge on any atom is -0.497 e. The number of ether oxygens (including phenoxy) is 1. The van der Waals surface area contributed by atoms with E-state index < -0.39 is 0 Å². The Kier molecular flexibility index (Phi) is 4.94. The van der Waals surface area contributed by atoms with Crippen LogP contribution < -0.4 is 20.9 Å². The molecule has 0 unspecified atom stereocenters. The molecule has 6 heteroatoms. The molecule has 0 radical (unpaired) electrons. The number of benzene rings is 1. The Balaban J connectivity index is 2.21. The number of hydrazine groups is 1. The minimum atomic E-state index is 0.670. The number of nitrogens with two attached hydrogens (primary N) is 1. The van der Waals surface area contributed by atoms with Crippen molar-refractivity contribution in [1.29, 1.82) is 0 Å². The molecule has 1 aromatic carbocycles. The molecule has 2 rings (SSSR count). The van der Waals surface area contributed by atoms with E-state index in [0.717, 1.165) is 30.1 Å². The van der Waals surface area contributed by atoms with Gasteiger partial charge in [-0.25, -0.2) is 15.8 Å². The van der Waals surface area contributed by atoms with E-state index in [2.05, 4.69) is 27.2 Å². The third-order valence-electron chi connectivity index (χ3n) is 3.35. The van der Waals surface area contributed by atoms with Crippen LogP contribution in [0, 0.1) is 0 Å². The van der Waals surface area contributed by atoms with Gasteiger partial charge in [0.05, 0.1) is 7.11 Å². The average Bonchev–Trinajstić information content (AvgIpc) is 2.54. The standard InChI is InChI=1S/C15H21N5O/c1-4-13-14(19-16)17-10-18-15(13)20(2)9-11-5-7-12(21-3)8-6-11/h5-8,10H,4,9,16H2,1-3H3,(H,17,18,19). The second kappa shape index (κ2) is 6.90. The molecule has 0 aliphatic heterocycles. The van der Waals surface area contributed by atoms with E-state index in [9.17, 15) is 0 Å². The third kappa shape index (κ3) is 3.41. The van der Waals surface area contributed by atoms with Gasteiger partial charge in [-0.05, 0) is 24.1 Å². The van der Waals surface area contributed by atoms with Crippen molar-refractivity contribution in [1.82, 2.24) is 9.97 Å². The SMILES string of the molecule is CCc1c(NN)ncnc1N(C)Cc1ccc(OC)cc1. The van der Waals surface area contributed by atoms with Gasteiger partial charge >= 0.3 is 0 Å².